The highest BCUT2D eigenvalue weighted by atomic mass is 16.5. The van der Waals surface area contributed by atoms with E-state index in [-0.39, 0.29) is 0 Å². The van der Waals surface area contributed by atoms with Crippen molar-refractivity contribution in [3.63, 3.8) is 0 Å². The van der Waals surface area contributed by atoms with Gasteiger partial charge in [-0.25, -0.2) is 0 Å². The lowest BCUT2D eigenvalue weighted by atomic mass is 10.1. The Bertz CT molecular complexity index is 522. The Morgan fingerprint density at radius 3 is 2.53 bits per heavy atom. The highest BCUT2D eigenvalue weighted by Crippen LogP contribution is 2.17. The Kier molecular flexibility index (Phi) is 4.99. The molecular weight excluding hydrogens is 234 g/mol. The van der Waals surface area contributed by atoms with Gasteiger partial charge in [0.2, 0.25) is 0 Å². The predicted octanol–water partition coefficient (Wildman–Crippen LogP) is 3.55. The number of nitrogens with one attached hydrogen (secondary N) is 1. The molecule has 100 valence electrons. The quantitative estimate of drug-likeness (QED) is 0.852. The molecule has 0 aromatic heterocycles. The van der Waals surface area contributed by atoms with E-state index >= 15 is 0 Å². The molecule has 0 bridgehead atoms. The van der Waals surface area contributed by atoms with Crippen LogP contribution in [0.5, 0.6) is 5.75 Å². The van der Waals surface area contributed by atoms with Crippen LogP contribution in [0.2, 0.25) is 0 Å². The third-order valence-corrected chi connectivity index (χ3v) is 3.19. The molecule has 0 amide bonds. The summed E-state index contributed by atoms with van der Waals surface area (Å²) in [4.78, 5) is 0. The molecule has 19 heavy (non-hydrogen) atoms. The molecule has 2 nitrogen and oxygen atoms in total. The van der Waals surface area contributed by atoms with Gasteiger partial charge in [-0.15, -0.1) is 0 Å². The summed E-state index contributed by atoms with van der Waals surface area (Å²) >= 11 is 0. The summed E-state index contributed by atoms with van der Waals surface area (Å²) in [6, 6.07) is 16.7. The van der Waals surface area contributed by atoms with Gasteiger partial charge in [0.1, 0.15) is 12.4 Å². The molecule has 0 spiro atoms. The number of benzene rings is 2. The fraction of sp³-hybridized carbons (Fsp3) is 0.294. The van der Waals surface area contributed by atoms with E-state index in [2.05, 4.69) is 48.6 Å². The molecule has 2 aromatic rings. The van der Waals surface area contributed by atoms with E-state index < -0.39 is 0 Å². The predicted molar refractivity (Wildman–Crippen MR) is 79.4 cm³/mol. The lowest BCUT2D eigenvalue weighted by Crippen LogP contribution is -2.09. The van der Waals surface area contributed by atoms with Crippen LogP contribution in [0, 0.1) is 0 Å². The normalized spacial score (nSPS) is 10.4. The lowest BCUT2D eigenvalue weighted by molar-refractivity contribution is 0.304. The SMILES string of the molecule is CCc1cccc(OCc2ccccc2CNC)c1. The summed E-state index contributed by atoms with van der Waals surface area (Å²) in [5.74, 6) is 0.943. The van der Waals surface area contributed by atoms with Crippen LogP contribution in [0.3, 0.4) is 0 Å². The molecule has 0 unspecified atom stereocenters. The molecule has 2 heteroatoms. The van der Waals surface area contributed by atoms with Gasteiger partial charge in [-0.05, 0) is 42.3 Å². The molecule has 0 atom stereocenters. The van der Waals surface area contributed by atoms with E-state index in [0.717, 1.165) is 18.7 Å². The highest BCUT2D eigenvalue weighted by Gasteiger charge is 2.02. The number of ether oxygens (including phenoxy) is 1. The monoisotopic (exact) mass is 255 g/mol. The van der Waals surface area contributed by atoms with E-state index in [1.807, 2.05) is 19.2 Å². The zero-order valence-corrected chi connectivity index (χ0v) is 11.6. The Morgan fingerprint density at radius 2 is 1.79 bits per heavy atom. The molecule has 2 rings (SSSR count). The largest absolute Gasteiger partial charge is 0.489 e. The van der Waals surface area contributed by atoms with Crippen LogP contribution < -0.4 is 10.1 Å². The number of rotatable bonds is 6. The van der Waals surface area contributed by atoms with Crippen LogP contribution in [0.25, 0.3) is 0 Å². The van der Waals surface area contributed by atoms with Crippen molar-refractivity contribution in [3.05, 3.63) is 65.2 Å². The van der Waals surface area contributed by atoms with Crippen molar-refractivity contribution in [1.82, 2.24) is 5.32 Å². The van der Waals surface area contributed by atoms with Gasteiger partial charge < -0.3 is 10.1 Å². The molecular formula is C17H21NO. The first kappa shape index (κ1) is 13.6. The molecule has 0 saturated carbocycles. The summed E-state index contributed by atoms with van der Waals surface area (Å²) in [6.07, 6.45) is 1.04. The summed E-state index contributed by atoms with van der Waals surface area (Å²) in [6.45, 7) is 3.64. The second-order valence-corrected chi connectivity index (χ2v) is 4.59. The van der Waals surface area contributed by atoms with Crippen LogP contribution in [-0.4, -0.2) is 7.05 Å². The topological polar surface area (TPSA) is 21.3 Å². The van der Waals surface area contributed by atoms with Crippen molar-refractivity contribution in [2.75, 3.05) is 7.05 Å². The fourth-order valence-corrected chi connectivity index (χ4v) is 2.08. The first-order valence-electron chi connectivity index (χ1n) is 6.76. The Balaban J connectivity index is 2.05. The summed E-state index contributed by atoms with van der Waals surface area (Å²) in [5.41, 5.74) is 3.83. The maximum atomic E-state index is 5.89. The molecule has 0 aliphatic rings. The molecule has 0 heterocycles. The standard InChI is InChI=1S/C17H21NO/c1-3-14-7-6-10-17(11-14)19-13-16-9-5-4-8-15(16)12-18-2/h4-11,18H,3,12-13H2,1-2H3. The maximum absolute atomic E-state index is 5.89. The van der Waals surface area contributed by atoms with Crippen LogP contribution in [-0.2, 0) is 19.6 Å². The maximum Gasteiger partial charge on any atom is 0.120 e. The Labute approximate surface area is 115 Å². The second-order valence-electron chi connectivity index (χ2n) is 4.59. The number of aryl methyl sites for hydroxylation is 1. The van der Waals surface area contributed by atoms with Crippen molar-refractivity contribution in [1.29, 1.82) is 0 Å². The fourth-order valence-electron chi connectivity index (χ4n) is 2.08. The minimum atomic E-state index is 0.616. The summed E-state index contributed by atoms with van der Waals surface area (Å²) in [5, 5.41) is 3.19. The third-order valence-electron chi connectivity index (χ3n) is 3.19. The van der Waals surface area contributed by atoms with Crippen LogP contribution >= 0.6 is 0 Å². The first-order chi connectivity index (χ1) is 9.33. The van der Waals surface area contributed by atoms with E-state index in [4.69, 9.17) is 4.74 Å². The second kappa shape index (κ2) is 6.95. The Morgan fingerprint density at radius 1 is 1.00 bits per heavy atom. The molecule has 1 N–H and O–H groups in total. The lowest BCUT2D eigenvalue weighted by Gasteiger charge is -2.11. The van der Waals surface area contributed by atoms with Gasteiger partial charge in [-0.3, -0.25) is 0 Å². The van der Waals surface area contributed by atoms with Gasteiger partial charge in [0.25, 0.3) is 0 Å². The van der Waals surface area contributed by atoms with Crippen LogP contribution in [0.4, 0.5) is 0 Å². The van der Waals surface area contributed by atoms with Crippen molar-refractivity contribution < 1.29 is 4.74 Å². The van der Waals surface area contributed by atoms with E-state index in [9.17, 15) is 0 Å². The van der Waals surface area contributed by atoms with Gasteiger partial charge in [0.15, 0.2) is 0 Å². The molecule has 0 radical (unpaired) electrons. The smallest absolute Gasteiger partial charge is 0.120 e. The van der Waals surface area contributed by atoms with Crippen LogP contribution in [0.1, 0.15) is 23.6 Å². The van der Waals surface area contributed by atoms with Gasteiger partial charge in [0.05, 0.1) is 0 Å². The zero-order chi connectivity index (χ0) is 13.5. The average molecular weight is 255 g/mol. The van der Waals surface area contributed by atoms with E-state index in [0.29, 0.717) is 6.61 Å². The zero-order valence-electron chi connectivity index (χ0n) is 11.6. The molecule has 0 aliphatic heterocycles. The van der Waals surface area contributed by atoms with Crippen LogP contribution in [0.15, 0.2) is 48.5 Å². The van der Waals surface area contributed by atoms with E-state index in [1.54, 1.807) is 0 Å². The van der Waals surface area contributed by atoms with Gasteiger partial charge in [-0.1, -0.05) is 43.3 Å². The minimum absolute atomic E-state index is 0.616. The number of hydrogen-bond acceptors (Lipinski definition) is 2. The first-order valence-corrected chi connectivity index (χ1v) is 6.76. The van der Waals surface area contributed by atoms with Crippen molar-refractivity contribution in [2.45, 2.75) is 26.5 Å². The van der Waals surface area contributed by atoms with Gasteiger partial charge in [-0.2, -0.15) is 0 Å². The van der Waals surface area contributed by atoms with Crippen molar-refractivity contribution in [3.8, 4) is 5.75 Å². The summed E-state index contributed by atoms with van der Waals surface area (Å²) < 4.78 is 5.89. The molecule has 0 saturated heterocycles. The molecule has 0 aliphatic carbocycles. The van der Waals surface area contributed by atoms with Gasteiger partial charge in [0, 0.05) is 6.54 Å². The average Bonchev–Trinajstić information content (AvgIpc) is 2.47. The third kappa shape index (κ3) is 3.83. The van der Waals surface area contributed by atoms with Crippen molar-refractivity contribution in [2.24, 2.45) is 0 Å². The number of hydrogen-bond donors (Lipinski definition) is 1. The Hall–Kier alpha value is -1.80. The van der Waals surface area contributed by atoms with E-state index in [1.165, 1.54) is 16.7 Å². The molecule has 2 aromatic carbocycles. The van der Waals surface area contributed by atoms with Gasteiger partial charge >= 0.3 is 0 Å². The highest BCUT2D eigenvalue weighted by molar-refractivity contribution is 5.30. The van der Waals surface area contributed by atoms with Crippen molar-refractivity contribution >= 4 is 0 Å². The molecule has 0 fully saturated rings. The summed E-state index contributed by atoms with van der Waals surface area (Å²) in [7, 11) is 1.96. The minimum Gasteiger partial charge on any atom is -0.489 e.